The van der Waals surface area contributed by atoms with Crippen LogP contribution in [0.5, 0.6) is 0 Å². The Morgan fingerprint density at radius 2 is 2.25 bits per heavy atom. The minimum absolute atomic E-state index is 0.148. The summed E-state index contributed by atoms with van der Waals surface area (Å²) >= 11 is 0. The van der Waals surface area contributed by atoms with E-state index in [1.807, 2.05) is 13.8 Å². The number of aliphatic hydroxyl groups is 1. The molecule has 0 aliphatic rings. The summed E-state index contributed by atoms with van der Waals surface area (Å²) in [5, 5.41) is 21.2. The molecule has 1 heterocycles. The lowest BCUT2D eigenvalue weighted by molar-refractivity contribution is 0.0697. The number of nitrogens with zero attached hydrogens (tertiary/aromatic N) is 1. The summed E-state index contributed by atoms with van der Waals surface area (Å²) < 4.78 is 0. The minimum Gasteiger partial charge on any atom is -0.478 e. The molecule has 1 aromatic heterocycles. The molecule has 0 aliphatic carbocycles. The van der Waals surface area contributed by atoms with Crippen molar-refractivity contribution in [2.45, 2.75) is 20.0 Å². The van der Waals surface area contributed by atoms with Gasteiger partial charge in [0.05, 0.1) is 11.7 Å². The fraction of sp³-hybridized carbons (Fsp3) is 0.455. The topological polar surface area (TPSA) is 82.5 Å². The van der Waals surface area contributed by atoms with Crippen molar-refractivity contribution in [1.29, 1.82) is 0 Å². The number of aromatic nitrogens is 1. The average Bonchev–Trinajstić information content (AvgIpc) is 2.26. The Morgan fingerprint density at radius 1 is 1.56 bits per heavy atom. The maximum absolute atomic E-state index is 10.7. The third kappa shape index (κ3) is 3.51. The molecule has 16 heavy (non-hydrogen) atoms. The monoisotopic (exact) mass is 224 g/mol. The van der Waals surface area contributed by atoms with Crippen molar-refractivity contribution in [2.75, 3.05) is 11.9 Å². The van der Waals surface area contributed by atoms with Crippen LogP contribution >= 0.6 is 0 Å². The highest BCUT2D eigenvalue weighted by Gasteiger charge is 2.09. The summed E-state index contributed by atoms with van der Waals surface area (Å²) in [6, 6.07) is 2.86. The van der Waals surface area contributed by atoms with E-state index in [2.05, 4.69) is 10.3 Å². The molecule has 88 valence electrons. The lowest BCUT2D eigenvalue weighted by Crippen LogP contribution is -2.25. The van der Waals surface area contributed by atoms with Crippen LogP contribution in [0.2, 0.25) is 0 Å². The van der Waals surface area contributed by atoms with Gasteiger partial charge in [-0.3, -0.25) is 0 Å². The van der Waals surface area contributed by atoms with Gasteiger partial charge in [0.2, 0.25) is 0 Å². The van der Waals surface area contributed by atoms with Crippen molar-refractivity contribution in [2.24, 2.45) is 5.92 Å². The number of pyridine rings is 1. The first-order chi connectivity index (χ1) is 7.50. The molecule has 1 atom stereocenters. The lowest BCUT2D eigenvalue weighted by atomic mass is 10.1. The predicted octanol–water partition coefficient (Wildman–Crippen LogP) is 1.21. The van der Waals surface area contributed by atoms with Crippen LogP contribution in [0.1, 0.15) is 24.2 Å². The molecule has 0 aliphatic heterocycles. The molecule has 0 spiro atoms. The first kappa shape index (κ1) is 12.4. The van der Waals surface area contributed by atoms with Crippen LogP contribution in [0.25, 0.3) is 0 Å². The summed E-state index contributed by atoms with van der Waals surface area (Å²) in [7, 11) is 0. The van der Waals surface area contributed by atoms with Gasteiger partial charge in [-0.1, -0.05) is 13.8 Å². The molecule has 0 saturated carbocycles. The van der Waals surface area contributed by atoms with Crippen LogP contribution in [0.4, 0.5) is 5.82 Å². The molecule has 0 radical (unpaired) electrons. The number of anilines is 1. The molecule has 0 fully saturated rings. The summed E-state index contributed by atoms with van der Waals surface area (Å²) in [5.41, 5.74) is 0.177. The predicted molar refractivity (Wildman–Crippen MR) is 60.5 cm³/mol. The molecule has 0 saturated heterocycles. The molecule has 0 amide bonds. The zero-order valence-corrected chi connectivity index (χ0v) is 9.34. The third-order valence-corrected chi connectivity index (χ3v) is 2.27. The van der Waals surface area contributed by atoms with Gasteiger partial charge in [0, 0.05) is 12.7 Å². The van der Waals surface area contributed by atoms with E-state index in [-0.39, 0.29) is 11.5 Å². The maximum Gasteiger partial charge on any atom is 0.335 e. The quantitative estimate of drug-likeness (QED) is 0.700. The zero-order valence-electron chi connectivity index (χ0n) is 9.34. The highest BCUT2D eigenvalue weighted by molar-refractivity contribution is 5.88. The number of carboxylic acid groups (broad SMARTS) is 1. The molecule has 0 aromatic carbocycles. The van der Waals surface area contributed by atoms with E-state index in [1.165, 1.54) is 18.3 Å². The number of hydrogen-bond donors (Lipinski definition) is 3. The third-order valence-electron chi connectivity index (χ3n) is 2.27. The Morgan fingerprint density at radius 3 is 2.81 bits per heavy atom. The number of carboxylic acids is 1. The second kappa shape index (κ2) is 5.46. The van der Waals surface area contributed by atoms with Gasteiger partial charge in [0.1, 0.15) is 5.82 Å². The standard InChI is InChI=1S/C11H16N2O3/c1-7(2)9(14)6-13-10-5-8(11(15)16)3-4-12-10/h3-5,7,9,14H,6H2,1-2H3,(H,12,13)(H,15,16). The van der Waals surface area contributed by atoms with Crippen molar-refractivity contribution >= 4 is 11.8 Å². The van der Waals surface area contributed by atoms with Crippen LogP contribution in [-0.4, -0.2) is 33.8 Å². The van der Waals surface area contributed by atoms with Gasteiger partial charge >= 0.3 is 5.97 Å². The molecule has 0 bridgehead atoms. The van der Waals surface area contributed by atoms with Gasteiger partial charge in [-0.25, -0.2) is 9.78 Å². The number of hydrogen-bond acceptors (Lipinski definition) is 4. The van der Waals surface area contributed by atoms with Crippen molar-refractivity contribution in [3.63, 3.8) is 0 Å². The van der Waals surface area contributed by atoms with E-state index in [1.54, 1.807) is 0 Å². The molecule has 5 heteroatoms. The van der Waals surface area contributed by atoms with Crippen LogP contribution in [0.15, 0.2) is 18.3 Å². The average molecular weight is 224 g/mol. The second-order valence-electron chi connectivity index (χ2n) is 3.93. The van der Waals surface area contributed by atoms with Gasteiger partial charge in [0.25, 0.3) is 0 Å². The van der Waals surface area contributed by atoms with Gasteiger partial charge in [0.15, 0.2) is 0 Å². The fourth-order valence-corrected chi connectivity index (χ4v) is 1.11. The van der Waals surface area contributed by atoms with Gasteiger partial charge < -0.3 is 15.5 Å². The van der Waals surface area contributed by atoms with Crippen molar-refractivity contribution < 1.29 is 15.0 Å². The van der Waals surface area contributed by atoms with E-state index >= 15 is 0 Å². The molecular weight excluding hydrogens is 208 g/mol. The van der Waals surface area contributed by atoms with Gasteiger partial charge in [-0.15, -0.1) is 0 Å². The van der Waals surface area contributed by atoms with Crippen LogP contribution in [0.3, 0.4) is 0 Å². The summed E-state index contributed by atoms with van der Waals surface area (Å²) in [6.07, 6.45) is 0.948. The Labute approximate surface area is 94.1 Å². The van der Waals surface area contributed by atoms with Gasteiger partial charge in [-0.2, -0.15) is 0 Å². The SMILES string of the molecule is CC(C)C(O)CNc1cc(C(=O)O)ccn1. The number of nitrogens with one attached hydrogen (secondary N) is 1. The summed E-state index contributed by atoms with van der Waals surface area (Å²) in [5.74, 6) is -0.385. The van der Waals surface area contributed by atoms with Crippen LogP contribution < -0.4 is 5.32 Å². The first-order valence-corrected chi connectivity index (χ1v) is 5.12. The Hall–Kier alpha value is -1.62. The highest BCUT2D eigenvalue weighted by Crippen LogP contribution is 2.08. The van der Waals surface area contributed by atoms with E-state index in [0.717, 1.165) is 0 Å². The fourth-order valence-electron chi connectivity index (χ4n) is 1.11. The van der Waals surface area contributed by atoms with E-state index in [4.69, 9.17) is 5.11 Å². The Bertz CT molecular complexity index is 366. The zero-order chi connectivity index (χ0) is 12.1. The second-order valence-corrected chi connectivity index (χ2v) is 3.93. The molecule has 1 rings (SSSR count). The minimum atomic E-state index is -0.991. The van der Waals surface area contributed by atoms with Crippen molar-refractivity contribution in [3.05, 3.63) is 23.9 Å². The molecule has 3 N–H and O–H groups in total. The molecular formula is C11H16N2O3. The van der Waals surface area contributed by atoms with E-state index in [9.17, 15) is 9.90 Å². The molecule has 1 unspecified atom stereocenters. The van der Waals surface area contributed by atoms with E-state index in [0.29, 0.717) is 12.4 Å². The largest absolute Gasteiger partial charge is 0.478 e. The Kier molecular flexibility index (Phi) is 4.25. The normalized spacial score (nSPS) is 12.5. The van der Waals surface area contributed by atoms with Crippen molar-refractivity contribution in [1.82, 2.24) is 4.98 Å². The number of rotatable bonds is 5. The Balaban J connectivity index is 2.61. The number of carbonyl (C=O) groups is 1. The van der Waals surface area contributed by atoms with Crippen LogP contribution in [0, 0.1) is 5.92 Å². The summed E-state index contributed by atoms with van der Waals surface area (Å²) in [4.78, 5) is 14.7. The highest BCUT2D eigenvalue weighted by atomic mass is 16.4. The summed E-state index contributed by atoms with van der Waals surface area (Å²) in [6.45, 7) is 4.18. The first-order valence-electron chi connectivity index (χ1n) is 5.12. The maximum atomic E-state index is 10.7. The smallest absolute Gasteiger partial charge is 0.335 e. The lowest BCUT2D eigenvalue weighted by Gasteiger charge is -2.15. The number of aliphatic hydroxyl groups excluding tert-OH is 1. The van der Waals surface area contributed by atoms with E-state index < -0.39 is 12.1 Å². The molecule has 1 aromatic rings. The molecule has 5 nitrogen and oxygen atoms in total. The van der Waals surface area contributed by atoms with Gasteiger partial charge in [-0.05, 0) is 18.1 Å². The van der Waals surface area contributed by atoms with Crippen molar-refractivity contribution in [3.8, 4) is 0 Å². The van der Waals surface area contributed by atoms with Crippen LogP contribution in [-0.2, 0) is 0 Å². The number of aromatic carboxylic acids is 1.